The van der Waals surface area contributed by atoms with E-state index < -0.39 is 9.84 Å². The van der Waals surface area contributed by atoms with Gasteiger partial charge in [0.1, 0.15) is 0 Å². The van der Waals surface area contributed by atoms with Crippen LogP contribution in [0.4, 0.5) is 0 Å². The SMILES string of the molecule is CSc1ccccc1-c1c(-c2ccc(S(C)(=O)=O)cc2)sc2ccccc2c1=O. The number of thioether (sulfide) groups is 1. The minimum absolute atomic E-state index is 0.0111. The summed E-state index contributed by atoms with van der Waals surface area (Å²) in [7, 11) is -3.28. The van der Waals surface area contributed by atoms with Crippen LogP contribution in [0.3, 0.4) is 0 Å². The molecule has 0 radical (unpaired) electrons. The van der Waals surface area contributed by atoms with Crippen LogP contribution in [0, 0.1) is 0 Å². The molecule has 0 spiro atoms. The fourth-order valence-electron chi connectivity index (χ4n) is 3.29. The van der Waals surface area contributed by atoms with Crippen LogP contribution in [-0.2, 0) is 9.84 Å². The lowest BCUT2D eigenvalue weighted by atomic mass is 10.0. The lowest BCUT2D eigenvalue weighted by Gasteiger charge is -2.13. The molecule has 3 aromatic carbocycles. The van der Waals surface area contributed by atoms with Crippen molar-refractivity contribution in [2.75, 3.05) is 12.5 Å². The maximum absolute atomic E-state index is 13.5. The quantitative estimate of drug-likeness (QED) is 0.382. The summed E-state index contributed by atoms with van der Waals surface area (Å²) >= 11 is 3.15. The molecule has 1 heterocycles. The molecule has 0 amide bonds. The first-order chi connectivity index (χ1) is 13.9. The monoisotopic (exact) mass is 438 g/mol. The van der Waals surface area contributed by atoms with Crippen LogP contribution in [-0.4, -0.2) is 20.9 Å². The molecule has 0 saturated carbocycles. The smallest absolute Gasteiger partial charge is 0.196 e. The molecule has 146 valence electrons. The van der Waals surface area contributed by atoms with E-state index in [0.717, 1.165) is 25.6 Å². The van der Waals surface area contributed by atoms with Gasteiger partial charge in [-0.1, -0.05) is 42.5 Å². The Morgan fingerprint density at radius 2 is 1.52 bits per heavy atom. The van der Waals surface area contributed by atoms with Crippen LogP contribution in [0.25, 0.3) is 31.7 Å². The van der Waals surface area contributed by atoms with Crippen molar-refractivity contribution in [2.24, 2.45) is 0 Å². The standard InChI is InChI=1S/C23H18O3S3/c1-27-19-9-5-3-7-17(19)21-22(24)18-8-4-6-10-20(18)28-23(21)15-11-13-16(14-12-15)29(2,25)26/h3-14H,1-2H3. The fourth-order valence-corrected chi connectivity index (χ4v) is 5.73. The average Bonchev–Trinajstić information content (AvgIpc) is 2.73. The minimum atomic E-state index is -3.28. The van der Waals surface area contributed by atoms with Crippen molar-refractivity contribution in [1.29, 1.82) is 0 Å². The Labute approximate surface area is 178 Å². The van der Waals surface area contributed by atoms with Gasteiger partial charge in [0.25, 0.3) is 0 Å². The Morgan fingerprint density at radius 1 is 0.862 bits per heavy atom. The lowest BCUT2D eigenvalue weighted by Crippen LogP contribution is -2.07. The molecule has 3 nitrogen and oxygen atoms in total. The number of fused-ring (bicyclic) bond motifs is 1. The van der Waals surface area contributed by atoms with E-state index in [-0.39, 0.29) is 10.3 Å². The van der Waals surface area contributed by atoms with Crippen molar-refractivity contribution in [3.63, 3.8) is 0 Å². The van der Waals surface area contributed by atoms with Crippen LogP contribution in [0.15, 0.2) is 87.4 Å². The van der Waals surface area contributed by atoms with Gasteiger partial charge in [-0.25, -0.2) is 8.42 Å². The van der Waals surface area contributed by atoms with E-state index in [0.29, 0.717) is 10.9 Å². The van der Waals surface area contributed by atoms with E-state index >= 15 is 0 Å². The fraction of sp³-hybridized carbons (Fsp3) is 0.0870. The summed E-state index contributed by atoms with van der Waals surface area (Å²) in [5.41, 5.74) is 2.37. The van der Waals surface area contributed by atoms with Crippen molar-refractivity contribution < 1.29 is 8.42 Å². The molecule has 0 saturated heterocycles. The first-order valence-electron chi connectivity index (χ1n) is 8.90. The number of hydrogen-bond acceptors (Lipinski definition) is 5. The van der Waals surface area contributed by atoms with Crippen LogP contribution in [0.2, 0.25) is 0 Å². The first kappa shape index (κ1) is 19.9. The summed E-state index contributed by atoms with van der Waals surface area (Å²) < 4.78 is 24.6. The highest BCUT2D eigenvalue weighted by Crippen LogP contribution is 2.40. The van der Waals surface area contributed by atoms with E-state index in [1.165, 1.54) is 6.26 Å². The third-order valence-corrected chi connectivity index (χ3v) is 7.86. The number of rotatable bonds is 4. The Kier molecular flexibility index (Phi) is 5.34. The second-order valence-electron chi connectivity index (χ2n) is 6.63. The zero-order valence-corrected chi connectivity index (χ0v) is 18.3. The summed E-state index contributed by atoms with van der Waals surface area (Å²) in [5.74, 6) is 0. The molecule has 0 aliphatic heterocycles. The Morgan fingerprint density at radius 3 is 2.21 bits per heavy atom. The molecule has 0 N–H and O–H groups in total. The summed E-state index contributed by atoms with van der Waals surface area (Å²) in [6, 6.07) is 22.2. The molecule has 0 aliphatic rings. The highest BCUT2D eigenvalue weighted by molar-refractivity contribution is 7.98. The molecule has 29 heavy (non-hydrogen) atoms. The number of hydrogen-bond donors (Lipinski definition) is 0. The van der Waals surface area contributed by atoms with Gasteiger partial charge in [-0.05, 0) is 42.2 Å². The Balaban J connectivity index is 2.06. The van der Waals surface area contributed by atoms with Gasteiger partial charge in [-0.15, -0.1) is 23.1 Å². The summed E-state index contributed by atoms with van der Waals surface area (Å²) in [6.45, 7) is 0. The van der Waals surface area contributed by atoms with Crippen molar-refractivity contribution in [3.05, 3.63) is 83.0 Å². The second kappa shape index (κ2) is 7.78. The molecular weight excluding hydrogens is 420 g/mol. The maximum Gasteiger partial charge on any atom is 0.196 e. The van der Waals surface area contributed by atoms with Crippen LogP contribution in [0.5, 0.6) is 0 Å². The molecule has 4 aromatic rings. The molecule has 0 bridgehead atoms. The zero-order chi connectivity index (χ0) is 20.6. The van der Waals surface area contributed by atoms with Gasteiger partial charge >= 0.3 is 0 Å². The molecule has 6 heteroatoms. The van der Waals surface area contributed by atoms with Gasteiger partial charge in [0.2, 0.25) is 0 Å². The highest BCUT2D eigenvalue weighted by Gasteiger charge is 2.18. The molecule has 0 unspecified atom stereocenters. The van der Waals surface area contributed by atoms with Gasteiger partial charge in [-0.3, -0.25) is 4.79 Å². The average molecular weight is 439 g/mol. The first-order valence-corrected chi connectivity index (χ1v) is 12.8. The van der Waals surface area contributed by atoms with Gasteiger partial charge in [0.15, 0.2) is 15.3 Å². The van der Waals surface area contributed by atoms with Crippen molar-refractivity contribution in [1.82, 2.24) is 0 Å². The predicted octanol–water partition coefficient (Wildman–Crippen LogP) is 5.72. The van der Waals surface area contributed by atoms with E-state index in [2.05, 4.69) is 0 Å². The molecule has 4 rings (SSSR count). The highest BCUT2D eigenvalue weighted by atomic mass is 32.2. The van der Waals surface area contributed by atoms with E-state index in [4.69, 9.17) is 0 Å². The van der Waals surface area contributed by atoms with Gasteiger partial charge in [-0.2, -0.15) is 0 Å². The molecule has 0 aliphatic carbocycles. The largest absolute Gasteiger partial charge is 0.288 e. The van der Waals surface area contributed by atoms with Crippen LogP contribution >= 0.6 is 23.1 Å². The van der Waals surface area contributed by atoms with Crippen molar-refractivity contribution >= 4 is 43.0 Å². The minimum Gasteiger partial charge on any atom is -0.288 e. The summed E-state index contributed by atoms with van der Waals surface area (Å²) in [4.78, 5) is 15.7. The van der Waals surface area contributed by atoms with Crippen LogP contribution in [0.1, 0.15) is 0 Å². The summed E-state index contributed by atoms with van der Waals surface area (Å²) in [5, 5.41) is 0.694. The Hall–Kier alpha value is -2.41. The molecular formula is C23H18O3S3. The van der Waals surface area contributed by atoms with E-state index in [1.54, 1.807) is 47.4 Å². The third kappa shape index (κ3) is 3.75. The van der Waals surface area contributed by atoms with Crippen molar-refractivity contribution in [2.45, 2.75) is 9.79 Å². The van der Waals surface area contributed by atoms with Gasteiger partial charge < -0.3 is 0 Å². The van der Waals surface area contributed by atoms with E-state index in [1.807, 2.05) is 54.8 Å². The normalized spacial score (nSPS) is 11.7. The number of sulfone groups is 1. The predicted molar refractivity (Wildman–Crippen MR) is 124 cm³/mol. The van der Waals surface area contributed by atoms with Gasteiger partial charge in [0.05, 0.1) is 4.90 Å². The van der Waals surface area contributed by atoms with Crippen molar-refractivity contribution in [3.8, 4) is 21.6 Å². The lowest BCUT2D eigenvalue weighted by molar-refractivity contribution is 0.602. The molecule has 0 atom stereocenters. The van der Waals surface area contributed by atoms with Crippen LogP contribution < -0.4 is 5.43 Å². The van der Waals surface area contributed by atoms with Gasteiger partial charge in [0, 0.05) is 37.2 Å². The zero-order valence-electron chi connectivity index (χ0n) is 15.9. The third-order valence-electron chi connectivity index (χ3n) is 4.72. The molecule has 1 aromatic heterocycles. The maximum atomic E-state index is 13.5. The second-order valence-corrected chi connectivity index (χ2v) is 10.5. The topological polar surface area (TPSA) is 51.2 Å². The van der Waals surface area contributed by atoms with E-state index in [9.17, 15) is 13.2 Å². The Bertz CT molecular complexity index is 1370. The summed E-state index contributed by atoms with van der Waals surface area (Å²) in [6.07, 6.45) is 3.19. The number of benzene rings is 3. The molecule has 0 fully saturated rings.